The van der Waals surface area contributed by atoms with Crippen molar-refractivity contribution in [2.24, 2.45) is 0 Å². The van der Waals surface area contributed by atoms with Crippen LogP contribution in [0.15, 0.2) is 48.5 Å². The molecule has 0 radical (unpaired) electrons. The summed E-state index contributed by atoms with van der Waals surface area (Å²) in [5.74, 6) is 6.57. The Kier molecular flexibility index (Phi) is 16.9. The third-order valence-electron chi connectivity index (χ3n) is 17.0. The highest BCUT2D eigenvalue weighted by Crippen LogP contribution is 2.52. The highest BCUT2D eigenvalue weighted by molar-refractivity contribution is 5.70. The minimum atomic E-state index is -0.503. The van der Waals surface area contributed by atoms with E-state index in [1.807, 2.05) is 91.8 Å². The van der Waals surface area contributed by atoms with Gasteiger partial charge in [0.15, 0.2) is 46.0 Å². The molecule has 84 heavy (non-hydrogen) atoms. The summed E-state index contributed by atoms with van der Waals surface area (Å²) < 4.78 is 79.5. The van der Waals surface area contributed by atoms with Gasteiger partial charge in [0.2, 0.25) is 27.2 Å². The summed E-state index contributed by atoms with van der Waals surface area (Å²) in [5.41, 5.74) is 8.18. The van der Waals surface area contributed by atoms with Crippen LogP contribution >= 0.6 is 0 Å². The quantitative estimate of drug-likeness (QED) is 0.196. The first-order chi connectivity index (χ1) is 40.7. The fourth-order valence-corrected chi connectivity index (χ4v) is 13.4. The van der Waals surface area contributed by atoms with Gasteiger partial charge in [-0.25, -0.2) is 9.59 Å². The summed E-state index contributed by atoms with van der Waals surface area (Å²) >= 11 is 0. The Morgan fingerprint density at radius 1 is 0.429 bits per heavy atom. The molecule has 12 aliphatic rings. The maximum absolute atomic E-state index is 12.6. The van der Waals surface area contributed by atoms with Crippen molar-refractivity contribution in [1.29, 1.82) is 0 Å². The summed E-state index contributed by atoms with van der Waals surface area (Å²) in [6, 6.07) is 16.8. The van der Waals surface area contributed by atoms with Crippen molar-refractivity contribution in [2.75, 3.05) is 53.4 Å². The third-order valence-corrected chi connectivity index (χ3v) is 17.0. The van der Waals surface area contributed by atoms with Gasteiger partial charge in [0.05, 0.1) is 38.5 Å². The van der Waals surface area contributed by atoms with Gasteiger partial charge in [0, 0.05) is 47.4 Å². The van der Waals surface area contributed by atoms with Gasteiger partial charge in [-0.1, -0.05) is 38.1 Å². The molecule has 2 N–H and O–H groups in total. The first kappa shape index (κ1) is 58.0. The Morgan fingerprint density at radius 3 is 1.04 bits per heavy atom. The predicted octanol–water partition coefficient (Wildman–Crippen LogP) is 11.3. The average molecular weight is 1160 g/mol. The van der Waals surface area contributed by atoms with E-state index in [9.17, 15) is 9.59 Å². The predicted molar refractivity (Wildman–Crippen MR) is 306 cm³/mol. The zero-order valence-corrected chi connectivity index (χ0v) is 49.8. The Labute approximate surface area is 492 Å². The van der Waals surface area contributed by atoms with E-state index in [1.165, 1.54) is 47.9 Å². The summed E-state index contributed by atoms with van der Waals surface area (Å²) in [6.45, 7) is 22.5. The van der Waals surface area contributed by atoms with E-state index in [1.54, 1.807) is 9.80 Å². The van der Waals surface area contributed by atoms with Gasteiger partial charge in [-0.05, 0) is 153 Å². The first-order valence-electron chi connectivity index (χ1n) is 30.3. The Hall–Kier alpha value is -6.42. The van der Waals surface area contributed by atoms with E-state index in [2.05, 4.69) is 22.8 Å². The van der Waals surface area contributed by atoms with Crippen molar-refractivity contribution in [1.82, 2.24) is 20.4 Å². The van der Waals surface area contributed by atoms with Crippen LogP contribution in [0.3, 0.4) is 0 Å². The number of benzene rings is 4. The summed E-state index contributed by atoms with van der Waals surface area (Å²) in [7, 11) is 0. The summed E-state index contributed by atoms with van der Waals surface area (Å²) in [4.78, 5) is 28.7. The van der Waals surface area contributed by atoms with Crippen LogP contribution in [0.2, 0.25) is 0 Å². The second-order valence-corrected chi connectivity index (χ2v) is 24.6. The second kappa shape index (κ2) is 24.5. The van der Waals surface area contributed by atoms with Crippen molar-refractivity contribution >= 4 is 12.2 Å². The lowest BCUT2D eigenvalue weighted by Gasteiger charge is -2.31. The minimum Gasteiger partial charge on any atom is -0.454 e. The first-order valence-corrected chi connectivity index (χ1v) is 30.3. The second-order valence-electron chi connectivity index (χ2n) is 24.6. The monoisotopic (exact) mass is 1160 g/mol. The Bertz CT molecular complexity index is 2840. The number of hydrogen-bond donors (Lipinski definition) is 2. The lowest BCUT2D eigenvalue weighted by molar-refractivity contribution is -0.0160. The van der Waals surface area contributed by atoms with Gasteiger partial charge < -0.3 is 86.7 Å². The average Bonchev–Trinajstić information content (AvgIpc) is 2.87. The molecule has 0 spiro atoms. The molecule has 0 aromatic heterocycles. The molecule has 4 aromatic carbocycles. The molecular formula is C64H82N4O16. The molecule has 12 heterocycles. The van der Waals surface area contributed by atoms with Crippen molar-refractivity contribution in [3.05, 3.63) is 93.0 Å². The SMILES string of the molecule is CC.CC(C)(C)OC(=O)N1CCC[C@H]1C1OCc2ccc3c(c21)OCO3.CC(C)(C)OC(=O)N1CCC[C@H]1C1OCc2ccc3c(c21)OCO3.c1cc2c(c3c1CO[C@@H]3[C@@H]1CCCN1)OCO2.c1cc2c(c3c1CO[C@H]3[C@@H]1CCCN1)OCO2. The van der Waals surface area contributed by atoms with Crippen molar-refractivity contribution < 1.29 is 75.9 Å². The van der Waals surface area contributed by atoms with Gasteiger partial charge in [-0.2, -0.15) is 0 Å². The van der Waals surface area contributed by atoms with E-state index in [4.69, 9.17) is 66.3 Å². The number of fused-ring (bicyclic) bond motifs is 12. The highest BCUT2D eigenvalue weighted by atomic mass is 16.7. The van der Waals surface area contributed by atoms with Crippen LogP contribution < -0.4 is 48.5 Å². The topological polar surface area (TPSA) is 194 Å². The molecule has 454 valence electrons. The van der Waals surface area contributed by atoms with E-state index in [0.717, 1.165) is 107 Å². The number of hydrogen-bond acceptors (Lipinski definition) is 18. The van der Waals surface area contributed by atoms with E-state index >= 15 is 0 Å². The molecule has 12 aliphatic heterocycles. The standard InChI is InChI=1S/2C18H23NO5.2C13H15NO3.C2H6/c2*1-18(2,3)24-17(20)19-8-4-5-12(19)15-14-11(9-21-15)6-7-13-16(14)23-10-22-13;2*1-2-9(14-5-1)12-11-8(6-15-12)3-4-10-13(11)17-7-16-10;1-2/h2*6-7,12,15H,4-5,8-10H2,1-3H3;2*3-4,9,12,14H,1-2,5-7H2;1-2H3/t2*12-,15?;9-,12+;9-,12-;/m0000./s1. The van der Waals surface area contributed by atoms with Crippen LogP contribution in [0.25, 0.3) is 0 Å². The normalized spacial score (nSPS) is 26.4. The molecule has 4 aromatic rings. The molecule has 16 rings (SSSR count). The van der Waals surface area contributed by atoms with Gasteiger partial charge in [0.25, 0.3) is 0 Å². The molecule has 8 atom stereocenters. The van der Waals surface area contributed by atoms with Crippen molar-refractivity contribution in [3.8, 4) is 46.0 Å². The largest absolute Gasteiger partial charge is 0.454 e. The van der Waals surface area contributed by atoms with Crippen LogP contribution in [0.1, 0.15) is 176 Å². The van der Waals surface area contributed by atoms with Crippen molar-refractivity contribution in [2.45, 2.75) is 193 Å². The maximum atomic E-state index is 12.6. The third kappa shape index (κ3) is 11.7. The minimum absolute atomic E-state index is 0.0307. The highest BCUT2D eigenvalue weighted by Gasteiger charge is 2.46. The van der Waals surface area contributed by atoms with Crippen LogP contribution in [0.4, 0.5) is 9.59 Å². The molecule has 0 saturated carbocycles. The van der Waals surface area contributed by atoms with Gasteiger partial charge in [-0.3, -0.25) is 0 Å². The maximum Gasteiger partial charge on any atom is 0.410 e. The molecule has 0 aliphatic carbocycles. The van der Waals surface area contributed by atoms with Gasteiger partial charge in [0.1, 0.15) is 35.6 Å². The van der Waals surface area contributed by atoms with Gasteiger partial charge >= 0.3 is 12.2 Å². The molecule has 2 amide bonds. The van der Waals surface area contributed by atoms with Crippen LogP contribution in [-0.4, -0.2) is 111 Å². The zero-order chi connectivity index (χ0) is 58.3. The van der Waals surface area contributed by atoms with Crippen molar-refractivity contribution in [3.63, 3.8) is 0 Å². The lowest BCUT2D eigenvalue weighted by atomic mass is 9.97. The molecular weight excluding hydrogens is 1080 g/mol. The van der Waals surface area contributed by atoms with Gasteiger partial charge in [-0.15, -0.1) is 0 Å². The van der Waals surface area contributed by atoms with Crippen LogP contribution in [0, 0.1) is 0 Å². The van der Waals surface area contributed by atoms with Crippen LogP contribution in [-0.2, 0) is 54.8 Å². The molecule has 20 nitrogen and oxygen atoms in total. The summed E-state index contributed by atoms with van der Waals surface area (Å²) in [5, 5.41) is 7.02. The number of likely N-dealkylation sites (tertiary alicyclic amines) is 2. The summed E-state index contributed by atoms with van der Waals surface area (Å²) in [6.07, 6.45) is 7.84. The zero-order valence-electron chi connectivity index (χ0n) is 49.8. The van der Waals surface area contributed by atoms with E-state index < -0.39 is 11.2 Å². The lowest BCUT2D eigenvalue weighted by Crippen LogP contribution is -2.42. The van der Waals surface area contributed by atoms with E-state index in [0.29, 0.717) is 65.2 Å². The number of nitrogens with one attached hydrogen (secondary N) is 2. The molecule has 4 saturated heterocycles. The molecule has 0 bridgehead atoms. The number of carbonyl (C=O) groups is 2. The number of nitrogens with zero attached hydrogens (tertiary/aromatic N) is 2. The number of ether oxygens (including phenoxy) is 14. The number of amides is 2. The van der Waals surface area contributed by atoms with E-state index in [-0.39, 0.29) is 62.3 Å². The Morgan fingerprint density at radius 2 is 0.738 bits per heavy atom. The molecule has 20 heteroatoms. The number of rotatable bonds is 4. The number of carbonyl (C=O) groups excluding carboxylic acids is 2. The molecule has 2 unspecified atom stereocenters. The van der Waals surface area contributed by atoms with Crippen LogP contribution in [0.5, 0.6) is 46.0 Å². The smallest absolute Gasteiger partial charge is 0.410 e. The Balaban J connectivity index is 0.000000110. The molecule has 4 fully saturated rings. The fourth-order valence-electron chi connectivity index (χ4n) is 13.4. The fraction of sp³-hybridized carbons (Fsp3) is 0.594.